The Morgan fingerprint density at radius 2 is 1.84 bits per heavy atom. The van der Waals surface area contributed by atoms with Gasteiger partial charge >= 0.3 is 12.0 Å². The van der Waals surface area contributed by atoms with Crippen LogP contribution < -0.4 is 5.32 Å². The Kier molecular flexibility index (Phi) is 5.20. The number of aliphatic carboxylic acids is 1. The monoisotopic (exact) mass is 270 g/mol. The molecule has 0 radical (unpaired) electrons. The van der Waals surface area contributed by atoms with Crippen molar-refractivity contribution in [1.82, 2.24) is 10.2 Å². The van der Waals surface area contributed by atoms with Crippen molar-refractivity contribution in [2.24, 2.45) is 5.41 Å². The van der Waals surface area contributed by atoms with Gasteiger partial charge in [0, 0.05) is 12.6 Å². The highest BCUT2D eigenvalue weighted by molar-refractivity contribution is 5.83. The second-order valence-electron chi connectivity index (χ2n) is 6.31. The van der Waals surface area contributed by atoms with Crippen molar-refractivity contribution >= 4 is 12.0 Å². The minimum absolute atomic E-state index is 0.253. The fraction of sp³-hybridized carbons (Fsp3) is 0.857. The molecule has 1 atom stereocenters. The fourth-order valence-electron chi connectivity index (χ4n) is 2.64. The summed E-state index contributed by atoms with van der Waals surface area (Å²) in [4.78, 5) is 25.3. The van der Waals surface area contributed by atoms with Gasteiger partial charge in [0.1, 0.15) is 6.04 Å². The lowest BCUT2D eigenvalue weighted by atomic mass is 9.87. The average Bonchev–Trinajstić information content (AvgIpc) is 2.78. The molecule has 0 spiro atoms. The van der Waals surface area contributed by atoms with E-state index in [9.17, 15) is 14.7 Å². The number of amides is 2. The third-order valence-corrected chi connectivity index (χ3v) is 3.75. The smallest absolute Gasteiger partial charge is 0.326 e. The molecule has 0 saturated heterocycles. The van der Waals surface area contributed by atoms with E-state index in [-0.39, 0.29) is 12.1 Å². The number of carbonyl (C=O) groups excluding carboxylic acids is 1. The van der Waals surface area contributed by atoms with Crippen LogP contribution in [0.4, 0.5) is 4.79 Å². The maximum absolute atomic E-state index is 12.3. The Hall–Kier alpha value is -1.26. The third-order valence-electron chi connectivity index (χ3n) is 3.75. The van der Waals surface area contributed by atoms with E-state index < -0.39 is 17.4 Å². The van der Waals surface area contributed by atoms with Crippen LogP contribution in [0, 0.1) is 5.41 Å². The molecule has 1 unspecified atom stereocenters. The van der Waals surface area contributed by atoms with Gasteiger partial charge in [-0.15, -0.1) is 0 Å². The van der Waals surface area contributed by atoms with Crippen LogP contribution in [0.25, 0.3) is 0 Å². The molecule has 5 heteroatoms. The summed E-state index contributed by atoms with van der Waals surface area (Å²) in [5.74, 6) is -0.983. The summed E-state index contributed by atoms with van der Waals surface area (Å²) in [7, 11) is 0. The van der Waals surface area contributed by atoms with Gasteiger partial charge in [-0.25, -0.2) is 9.59 Å². The number of hydrogen-bond donors (Lipinski definition) is 2. The first-order valence-corrected chi connectivity index (χ1v) is 7.07. The Balaban J connectivity index is 2.72. The number of urea groups is 1. The lowest BCUT2D eigenvalue weighted by molar-refractivity contribution is -0.142. The van der Waals surface area contributed by atoms with Crippen molar-refractivity contribution in [3.05, 3.63) is 0 Å². The molecule has 0 aromatic heterocycles. The van der Waals surface area contributed by atoms with Crippen LogP contribution in [-0.4, -0.2) is 40.6 Å². The van der Waals surface area contributed by atoms with E-state index in [1.54, 1.807) is 4.90 Å². The molecular formula is C14H26N2O3. The molecule has 1 rings (SSSR count). The molecule has 0 aliphatic heterocycles. The van der Waals surface area contributed by atoms with Gasteiger partial charge in [-0.3, -0.25) is 0 Å². The summed E-state index contributed by atoms with van der Waals surface area (Å²) >= 11 is 0. The maximum Gasteiger partial charge on any atom is 0.326 e. The largest absolute Gasteiger partial charge is 0.480 e. The zero-order valence-corrected chi connectivity index (χ0v) is 12.4. The van der Waals surface area contributed by atoms with Crippen molar-refractivity contribution in [2.45, 2.75) is 65.5 Å². The molecule has 5 nitrogen and oxygen atoms in total. The summed E-state index contributed by atoms with van der Waals surface area (Å²) in [6.45, 7) is 8.01. The first-order chi connectivity index (χ1) is 8.77. The van der Waals surface area contributed by atoms with Crippen molar-refractivity contribution in [3.8, 4) is 0 Å². The number of nitrogens with one attached hydrogen (secondary N) is 1. The molecule has 0 aromatic rings. The topological polar surface area (TPSA) is 69.6 Å². The van der Waals surface area contributed by atoms with Gasteiger partial charge in [0.05, 0.1) is 0 Å². The Bertz CT molecular complexity index is 330. The molecule has 2 amide bonds. The number of rotatable bonds is 4. The fourth-order valence-corrected chi connectivity index (χ4v) is 2.64. The lowest BCUT2D eigenvalue weighted by Crippen LogP contribution is -2.55. The predicted octanol–water partition coefficient (Wildman–Crippen LogP) is 2.46. The zero-order chi connectivity index (χ0) is 14.6. The van der Waals surface area contributed by atoms with Crippen molar-refractivity contribution in [1.29, 1.82) is 0 Å². The van der Waals surface area contributed by atoms with Gasteiger partial charge in [-0.05, 0) is 25.2 Å². The second kappa shape index (κ2) is 6.26. The number of hydrogen-bond acceptors (Lipinski definition) is 2. The summed E-state index contributed by atoms with van der Waals surface area (Å²) in [6, 6.07) is -0.855. The summed E-state index contributed by atoms with van der Waals surface area (Å²) in [5, 5.41) is 11.9. The van der Waals surface area contributed by atoms with E-state index in [1.807, 2.05) is 27.7 Å². The molecule has 1 aliphatic carbocycles. The predicted molar refractivity (Wildman–Crippen MR) is 74.0 cm³/mol. The van der Waals surface area contributed by atoms with Crippen molar-refractivity contribution in [3.63, 3.8) is 0 Å². The van der Waals surface area contributed by atoms with E-state index >= 15 is 0 Å². The van der Waals surface area contributed by atoms with Gasteiger partial charge in [0.15, 0.2) is 0 Å². The highest BCUT2D eigenvalue weighted by Crippen LogP contribution is 2.24. The van der Waals surface area contributed by atoms with Crippen LogP contribution >= 0.6 is 0 Å². The van der Waals surface area contributed by atoms with Gasteiger partial charge in [0.25, 0.3) is 0 Å². The molecule has 1 fully saturated rings. The van der Waals surface area contributed by atoms with Crippen LogP contribution in [0.15, 0.2) is 0 Å². The Morgan fingerprint density at radius 3 is 2.21 bits per heavy atom. The van der Waals surface area contributed by atoms with E-state index in [2.05, 4.69) is 5.32 Å². The van der Waals surface area contributed by atoms with E-state index in [1.165, 1.54) is 0 Å². The standard InChI is InChI=1S/C14H26N2O3/c1-5-16(10-8-6-7-9-10)13(19)15-11(12(17)18)14(2,3)4/h10-11H,5-9H2,1-4H3,(H,15,19)(H,17,18). The molecule has 0 aromatic carbocycles. The summed E-state index contributed by atoms with van der Waals surface area (Å²) in [5.41, 5.74) is -0.503. The zero-order valence-electron chi connectivity index (χ0n) is 12.4. The normalized spacial score (nSPS) is 18.1. The van der Waals surface area contributed by atoms with E-state index in [4.69, 9.17) is 0 Å². The number of carboxylic acid groups (broad SMARTS) is 1. The van der Waals surface area contributed by atoms with Gasteiger partial charge in [0.2, 0.25) is 0 Å². The minimum atomic E-state index is -0.983. The molecular weight excluding hydrogens is 244 g/mol. The molecule has 0 bridgehead atoms. The van der Waals surface area contributed by atoms with Crippen molar-refractivity contribution < 1.29 is 14.7 Å². The molecule has 110 valence electrons. The highest BCUT2D eigenvalue weighted by atomic mass is 16.4. The highest BCUT2D eigenvalue weighted by Gasteiger charge is 2.35. The van der Waals surface area contributed by atoms with E-state index in [0.29, 0.717) is 6.54 Å². The van der Waals surface area contributed by atoms with Crippen molar-refractivity contribution in [2.75, 3.05) is 6.54 Å². The third kappa shape index (κ3) is 4.11. The number of carboxylic acids is 1. The molecule has 2 N–H and O–H groups in total. The van der Waals surface area contributed by atoms with E-state index in [0.717, 1.165) is 25.7 Å². The van der Waals surface area contributed by atoms with Crippen LogP contribution in [0.5, 0.6) is 0 Å². The Morgan fingerprint density at radius 1 is 1.32 bits per heavy atom. The SMILES string of the molecule is CCN(C(=O)NC(C(=O)O)C(C)(C)C)C1CCCC1. The average molecular weight is 270 g/mol. The molecule has 0 heterocycles. The maximum atomic E-state index is 12.3. The van der Waals surface area contributed by atoms with Gasteiger partial charge < -0.3 is 15.3 Å². The van der Waals surface area contributed by atoms with Gasteiger partial charge in [-0.1, -0.05) is 33.6 Å². The van der Waals surface area contributed by atoms with Crippen LogP contribution in [0.2, 0.25) is 0 Å². The summed E-state index contributed by atoms with van der Waals surface area (Å²) in [6.07, 6.45) is 4.34. The molecule has 1 aliphatic rings. The Labute approximate surface area is 115 Å². The molecule has 1 saturated carbocycles. The van der Waals surface area contributed by atoms with Crippen LogP contribution in [-0.2, 0) is 4.79 Å². The van der Waals surface area contributed by atoms with Crippen LogP contribution in [0.1, 0.15) is 53.4 Å². The summed E-state index contributed by atoms with van der Waals surface area (Å²) < 4.78 is 0. The first-order valence-electron chi connectivity index (χ1n) is 7.07. The lowest BCUT2D eigenvalue weighted by Gasteiger charge is -2.33. The number of carbonyl (C=O) groups is 2. The molecule has 19 heavy (non-hydrogen) atoms. The van der Waals surface area contributed by atoms with Crippen LogP contribution in [0.3, 0.4) is 0 Å². The second-order valence-corrected chi connectivity index (χ2v) is 6.31. The van der Waals surface area contributed by atoms with Gasteiger partial charge in [-0.2, -0.15) is 0 Å². The first kappa shape index (κ1) is 15.8. The quantitative estimate of drug-likeness (QED) is 0.824. The number of nitrogens with zero attached hydrogens (tertiary/aromatic N) is 1. The minimum Gasteiger partial charge on any atom is -0.480 e.